The number of aliphatic hydroxyl groups excluding tert-OH is 2. The van der Waals surface area contributed by atoms with Crippen molar-refractivity contribution in [2.45, 2.75) is 25.3 Å². The Kier molecular flexibility index (Phi) is 4.46. The first-order chi connectivity index (χ1) is 7.77. The minimum Gasteiger partial charge on any atom is -0.389 e. The van der Waals surface area contributed by atoms with Gasteiger partial charge in [-0.05, 0) is 24.1 Å². The van der Waals surface area contributed by atoms with Crippen LogP contribution in [0.1, 0.15) is 22.8 Å². The summed E-state index contributed by atoms with van der Waals surface area (Å²) < 4.78 is 37.8. The Bertz CT molecular complexity index is 393. The summed E-state index contributed by atoms with van der Waals surface area (Å²) in [5.41, 5.74) is -0.696. The molecule has 0 bridgehead atoms. The largest absolute Gasteiger partial charge is 0.416 e. The molecule has 0 heterocycles. The molecule has 0 fully saturated rings. The van der Waals surface area contributed by atoms with E-state index in [0.717, 1.165) is 6.07 Å². The molecule has 2 unspecified atom stereocenters. The van der Waals surface area contributed by atoms with Gasteiger partial charge in [-0.15, -0.1) is 0 Å². The zero-order valence-corrected chi connectivity index (χ0v) is 9.96. The van der Waals surface area contributed by atoms with Gasteiger partial charge in [-0.3, -0.25) is 0 Å². The number of aliphatic hydroxyl groups is 2. The fourth-order valence-corrected chi connectivity index (χ4v) is 1.65. The van der Waals surface area contributed by atoms with Crippen molar-refractivity contribution in [2.24, 2.45) is 0 Å². The van der Waals surface area contributed by atoms with Crippen LogP contribution in [0.2, 0.25) is 0 Å². The normalized spacial score (nSPS) is 15.7. The highest BCUT2D eigenvalue weighted by Gasteiger charge is 2.33. The van der Waals surface area contributed by atoms with E-state index in [4.69, 9.17) is 0 Å². The second-order valence-corrected chi connectivity index (χ2v) is 4.13. The van der Waals surface area contributed by atoms with E-state index in [0.29, 0.717) is 0 Å². The van der Waals surface area contributed by atoms with Gasteiger partial charge in [0.15, 0.2) is 0 Å². The number of benzene rings is 1. The zero-order chi connectivity index (χ0) is 13.2. The number of alkyl halides is 3. The summed E-state index contributed by atoms with van der Waals surface area (Å²) in [7, 11) is 0. The highest BCUT2D eigenvalue weighted by molar-refractivity contribution is 7.80. The van der Waals surface area contributed by atoms with E-state index in [1.807, 2.05) is 0 Å². The molecule has 2 atom stereocenters. The van der Waals surface area contributed by atoms with Crippen LogP contribution in [0.25, 0.3) is 0 Å². The zero-order valence-electron chi connectivity index (χ0n) is 9.07. The van der Waals surface area contributed by atoms with Crippen molar-refractivity contribution in [1.82, 2.24) is 0 Å². The average molecular weight is 266 g/mol. The van der Waals surface area contributed by atoms with Crippen molar-refractivity contribution in [3.8, 4) is 0 Å². The first kappa shape index (κ1) is 14.3. The summed E-state index contributed by atoms with van der Waals surface area (Å²) >= 11 is 3.78. The van der Waals surface area contributed by atoms with E-state index in [1.165, 1.54) is 19.1 Å². The highest BCUT2D eigenvalue weighted by atomic mass is 32.1. The van der Waals surface area contributed by atoms with Crippen molar-refractivity contribution >= 4 is 12.6 Å². The van der Waals surface area contributed by atoms with Crippen LogP contribution in [-0.2, 0) is 6.18 Å². The second kappa shape index (κ2) is 5.29. The van der Waals surface area contributed by atoms with Crippen molar-refractivity contribution in [1.29, 1.82) is 0 Å². The van der Waals surface area contributed by atoms with Crippen LogP contribution >= 0.6 is 12.6 Å². The van der Waals surface area contributed by atoms with Crippen LogP contribution in [0.4, 0.5) is 13.2 Å². The van der Waals surface area contributed by atoms with Gasteiger partial charge in [0.1, 0.15) is 6.10 Å². The number of halogens is 3. The van der Waals surface area contributed by atoms with Crippen molar-refractivity contribution in [3.63, 3.8) is 0 Å². The molecule has 1 aromatic carbocycles. The molecule has 0 saturated carbocycles. The van der Waals surface area contributed by atoms with Gasteiger partial charge >= 0.3 is 6.18 Å². The number of thiol groups is 1. The van der Waals surface area contributed by atoms with Crippen LogP contribution in [0.5, 0.6) is 0 Å². The average Bonchev–Trinajstić information content (AvgIpc) is 2.26. The van der Waals surface area contributed by atoms with Crippen LogP contribution in [0, 0.1) is 6.92 Å². The number of rotatable bonds is 3. The summed E-state index contributed by atoms with van der Waals surface area (Å²) in [4.78, 5) is 0. The molecule has 96 valence electrons. The molecule has 0 radical (unpaired) electrons. The third-order valence-corrected chi connectivity index (χ3v) is 2.83. The van der Waals surface area contributed by atoms with Gasteiger partial charge in [0.2, 0.25) is 0 Å². The summed E-state index contributed by atoms with van der Waals surface area (Å²) in [6, 6.07) is 3.49. The van der Waals surface area contributed by atoms with Gasteiger partial charge in [0.05, 0.1) is 11.7 Å². The van der Waals surface area contributed by atoms with E-state index in [2.05, 4.69) is 12.6 Å². The van der Waals surface area contributed by atoms with E-state index in [-0.39, 0.29) is 16.9 Å². The maximum absolute atomic E-state index is 12.6. The molecule has 6 heteroatoms. The fraction of sp³-hybridized carbons (Fsp3) is 0.455. The Hall–Kier alpha value is -0.720. The SMILES string of the molecule is Cc1ccc(C(O)C(O)CS)cc1C(F)(F)F. The molecule has 1 rings (SSSR count). The lowest BCUT2D eigenvalue weighted by atomic mass is 9.99. The van der Waals surface area contributed by atoms with E-state index in [1.54, 1.807) is 0 Å². The standard InChI is InChI=1S/C11H13F3O2S/c1-6-2-3-7(10(16)9(15)5-17)4-8(6)11(12,13)14/h2-4,9-10,15-17H,5H2,1H3. The predicted molar refractivity (Wildman–Crippen MR) is 61.0 cm³/mol. The monoisotopic (exact) mass is 266 g/mol. The second-order valence-electron chi connectivity index (χ2n) is 3.77. The van der Waals surface area contributed by atoms with Crippen LogP contribution in [-0.4, -0.2) is 22.1 Å². The highest BCUT2D eigenvalue weighted by Crippen LogP contribution is 2.33. The molecule has 0 aromatic heterocycles. The van der Waals surface area contributed by atoms with Crippen LogP contribution in [0.3, 0.4) is 0 Å². The molecule has 0 saturated heterocycles. The Morgan fingerprint density at radius 1 is 1.29 bits per heavy atom. The first-order valence-corrected chi connectivity index (χ1v) is 5.55. The quantitative estimate of drug-likeness (QED) is 0.735. The van der Waals surface area contributed by atoms with Crippen molar-refractivity contribution < 1.29 is 23.4 Å². The Labute approximate surface area is 102 Å². The third-order valence-electron chi connectivity index (χ3n) is 2.46. The lowest BCUT2D eigenvalue weighted by molar-refractivity contribution is -0.138. The minimum atomic E-state index is -4.47. The Morgan fingerprint density at radius 3 is 2.35 bits per heavy atom. The van der Waals surface area contributed by atoms with Gasteiger partial charge in [0.25, 0.3) is 0 Å². The van der Waals surface area contributed by atoms with Gasteiger partial charge in [-0.2, -0.15) is 25.8 Å². The lowest BCUT2D eigenvalue weighted by Gasteiger charge is -2.18. The topological polar surface area (TPSA) is 40.5 Å². The molecule has 2 nitrogen and oxygen atoms in total. The molecule has 0 amide bonds. The lowest BCUT2D eigenvalue weighted by Crippen LogP contribution is -2.20. The molecule has 0 aliphatic carbocycles. The fourth-order valence-electron chi connectivity index (χ4n) is 1.45. The minimum absolute atomic E-state index is 0.0314. The first-order valence-electron chi connectivity index (χ1n) is 4.92. The number of hydrogen-bond acceptors (Lipinski definition) is 3. The molecule has 0 aliphatic heterocycles. The van der Waals surface area contributed by atoms with Crippen LogP contribution in [0.15, 0.2) is 18.2 Å². The van der Waals surface area contributed by atoms with E-state index < -0.39 is 23.9 Å². The summed E-state index contributed by atoms with van der Waals surface area (Å²) in [6.07, 6.45) is -7.03. The van der Waals surface area contributed by atoms with Crippen molar-refractivity contribution in [2.75, 3.05) is 5.75 Å². The summed E-state index contributed by atoms with van der Waals surface area (Å²) in [5, 5.41) is 18.9. The maximum atomic E-state index is 12.6. The van der Waals surface area contributed by atoms with E-state index in [9.17, 15) is 23.4 Å². The summed E-state index contributed by atoms with van der Waals surface area (Å²) in [5.74, 6) is -0.0314. The molecule has 0 aliphatic rings. The smallest absolute Gasteiger partial charge is 0.389 e. The predicted octanol–water partition coefficient (Wildman–Crippen LogP) is 2.34. The molecule has 17 heavy (non-hydrogen) atoms. The van der Waals surface area contributed by atoms with E-state index >= 15 is 0 Å². The molecule has 0 spiro atoms. The molecular weight excluding hydrogens is 253 g/mol. The Morgan fingerprint density at radius 2 is 1.88 bits per heavy atom. The number of hydrogen-bond donors (Lipinski definition) is 3. The number of aryl methyl sites for hydroxylation is 1. The molecule has 1 aromatic rings. The van der Waals surface area contributed by atoms with Crippen molar-refractivity contribution in [3.05, 3.63) is 34.9 Å². The summed E-state index contributed by atoms with van der Waals surface area (Å²) in [6.45, 7) is 1.34. The van der Waals surface area contributed by atoms with Gasteiger partial charge in [-0.25, -0.2) is 0 Å². The third kappa shape index (κ3) is 3.37. The maximum Gasteiger partial charge on any atom is 0.416 e. The molecular formula is C11H13F3O2S. The van der Waals surface area contributed by atoms with Crippen LogP contribution < -0.4 is 0 Å². The molecule has 2 N–H and O–H groups in total. The van der Waals surface area contributed by atoms with Gasteiger partial charge in [0, 0.05) is 5.75 Å². The van der Waals surface area contributed by atoms with Gasteiger partial charge in [-0.1, -0.05) is 12.1 Å². The Balaban J connectivity index is 3.13. The van der Waals surface area contributed by atoms with Gasteiger partial charge < -0.3 is 10.2 Å².